The average Bonchev–Trinajstić information content (AvgIpc) is 2.68. The van der Waals surface area contributed by atoms with Gasteiger partial charge in [0.25, 0.3) is 0 Å². The molecule has 0 saturated heterocycles. The topological polar surface area (TPSA) is 37.8 Å². The summed E-state index contributed by atoms with van der Waals surface area (Å²) in [5.74, 6) is 1.36. The number of aryl methyl sites for hydroxylation is 2. The largest absolute Gasteiger partial charge is 0.351 e. The molecule has 0 bridgehead atoms. The molecule has 1 aliphatic carbocycles. The van der Waals surface area contributed by atoms with Gasteiger partial charge in [0, 0.05) is 10.9 Å². The number of nitrogens with one attached hydrogen (secondary N) is 1. The maximum Gasteiger partial charge on any atom is 0.225 e. The minimum Gasteiger partial charge on any atom is -0.351 e. The van der Waals surface area contributed by atoms with Crippen LogP contribution in [0.4, 0.5) is 5.95 Å². The monoisotopic (exact) mass is 309 g/mol. The third-order valence-electron chi connectivity index (χ3n) is 4.41. The van der Waals surface area contributed by atoms with Crippen LogP contribution in [0.15, 0.2) is 0 Å². The average molecular weight is 310 g/mol. The molecule has 2 unspecified atom stereocenters. The van der Waals surface area contributed by atoms with Crippen LogP contribution in [0.1, 0.15) is 43.0 Å². The summed E-state index contributed by atoms with van der Waals surface area (Å²) >= 11 is 8.04. The molecule has 2 aromatic rings. The second kappa shape index (κ2) is 5.49. The normalized spacial score (nSPS) is 23.2. The highest BCUT2D eigenvalue weighted by atomic mass is 35.5. The molecule has 108 valence electrons. The summed E-state index contributed by atoms with van der Waals surface area (Å²) in [5, 5.41) is 5.07. The van der Waals surface area contributed by atoms with Gasteiger partial charge < -0.3 is 5.32 Å². The molecule has 2 atom stereocenters. The number of hydrogen-bond donors (Lipinski definition) is 1. The van der Waals surface area contributed by atoms with E-state index in [1.54, 1.807) is 11.3 Å². The van der Waals surface area contributed by atoms with Gasteiger partial charge in [-0.25, -0.2) is 9.97 Å². The quantitative estimate of drug-likeness (QED) is 0.797. The van der Waals surface area contributed by atoms with E-state index in [9.17, 15) is 0 Å². The molecule has 0 aliphatic heterocycles. The van der Waals surface area contributed by atoms with E-state index in [0.717, 1.165) is 10.2 Å². The molecule has 1 N–H and O–H groups in total. The van der Waals surface area contributed by atoms with Crippen LogP contribution in [0, 0.1) is 19.8 Å². The summed E-state index contributed by atoms with van der Waals surface area (Å²) in [7, 11) is 0. The summed E-state index contributed by atoms with van der Waals surface area (Å²) in [4.78, 5) is 11.4. The Balaban J connectivity index is 1.92. The first-order chi connectivity index (χ1) is 9.56. The molecule has 2 heterocycles. The SMILES string of the molecule is Cc1sc2nc(NC3CCCCC3C)nc(Cl)c2c1C. The lowest BCUT2D eigenvalue weighted by Gasteiger charge is -2.29. The summed E-state index contributed by atoms with van der Waals surface area (Å²) in [6.07, 6.45) is 5.10. The zero-order valence-corrected chi connectivity index (χ0v) is 13.7. The van der Waals surface area contributed by atoms with Crippen molar-refractivity contribution in [1.29, 1.82) is 0 Å². The molecule has 1 aliphatic rings. The van der Waals surface area contributed by atoms with E-state index in [1.807, 2.05) is 0 Å². The summed E-state index contributed by atoms with van der Waals surface area (Å²) in [5.41, 5.74) is 1.20. The van der Waals surface area contributed by atoms with Gasteiger partial charge in [-0.3, -0.25) is 0 Å². The van der Waals surface area contributed by atoms with Crippen molar-refractivity contribution in [2.45, 2.75) is 52.5 Å². The predicted octanol–water partition coefficient (Wildman–Crippen LogP) is 4.95. The maximum absolute atomic E-state index is 6.35. The van der Waals surface area contributed by atoms with E-state index in [0.29, 0.717) is 23.1 Å². The molecule has 1 saturated carbocycles. The third-order valence-corrected chi connectivity index (χ3v) is 5.79. The highest BCUT2D eigenvalue weighted by molar-refractivity contribution is 7.18. The molecule has 0 amide bonds. The fraction of sp³-hybridized carbons (Fsp3) is 0.600. The number of aromatic nitrogens is 2. The zero-order chi connectivity index (χ0) is 14.3. The molecular weight excluding hydrogens is 290 g/mol. The van der Waals surface area contributed by atoms with Gasteiger partial charge >= 0.3 is 0 Å². The van der Waals surface area contributed by atoms with Crippen molar-refractivity contribution in [3.63, 3.8) is 0 Å². The Morgan fingerprint density at radius 3 is 2.70 bits per heavy atom. The Labute approximate surface area is 128 Å². The number of fused-ring (bicyclic) bond motifs is 1. The standard InChI is InChI=1S/C15H20ClN3S/c1-8-6-4-5-7-11(8)17-15-18-13(16)12-9(2)10(3)20-14(12)19-15/h8,11H,4-7H2,1-3H3,(H,17,18,19). The van der Waals surface area contributed by atoms with Gasteiger partial charge in [0.15, 0.2) is 0 Å². The smallest absolute Gasteiger partial charge is 0.225 e. The molecule has 3 nitrogen and oxygen atoms in total. The Hall–Kier alpha value is -0.870. The van der Waals surface area contributed by atoms with E-state index in [4.69, 9.17) is 11.6 Å². The van der Waals surface area contributed by atoms with Gasteiger partial charge in [-0.1, -0.05) is 31.4 Å². The first-order valence-corrected chi connectivity index (χ1v) is 8.45. The highest BCUT2D eigenvalue weighted by Gasteiger charge is 2.22. The Morgan fingerprint density at radius 2 is 1.95 bits per heavy atom. The Bertz CT molecular complexity index is 638. The van der Waals surface area contributed by atoms with Gasteiger partial charge in [0.05, 0.1) is 5.39 Å². The second-order valence-electron chi connectivity index (χ2n) is 5.81. The number of halogens is 1. The van der Waals surface area contributed by atoms with Crippen molar-refractivity contribution in [1.82, 2.24) is 9.97 Å². The van der Waals surface area contributed by atoms with Gasteiger partial charge in [0.2, 0.25) is 5.95 Å². The number of rotatable bonds is 2. The highest BCUT2D eigenvalue weighted by Crippen LogP contribution is 2.34. The zero-order valence-electron chi connectivity index (χ0n) is 12.2. The number of thiophene rings is 1. The van der Waals surface area contributed by atoms with Crippen LogP contribution in [0.25, 0.3) is 10.2 Å². The van der Waals surface area contributed by atoms with E-state index in [-0.39, 0.29) is 0 Å². The van der Waals surface area contributed by atoms with Crippen molar-refractivity contribution < 1.29 is 0 Å². The molecule has 0 spiro atoms. The second-order valence-corrected chi connectivity index (χ2v) is 7.38. The first kappa shape index (κ1) is 14.1. The number of anilines is 1. The fourth-order valence-corrected chi connectivity index (χ4v) is 4.36. The number of nitrogens with zero attached hydrogens (tertiary/aromatic N) is 2. The lowest BCUT2D eigenvalue weighted by atomic mass is 9.86. The van der Waals surface area contributed by atoms with Crippen LogP contribution in [0.5, 0.6) is 0 Å². The summed E-state index contributed by atoms with van der Waals surface area (Å²) in [6, 6.07) is 0.472. The van der Waals surface area contributed by atoms with Crippen molar-refractivity contribution in [3.05, 3.63) is 15.6 Å². The Morgan fingerprint density at radius 1 is 1.20 bits per heavy atom. The first-order valence-electron chi connectivity index (χ1n) is 7.26. The fourth-order valence-electron chi connectivity index (χ4n) is 2.96. The molecule has 0 aromatic carbocycles. The van der Waals surface area contributed by atoms with E-state index in [2.05, 4.69) is 36.1 Å². The van der Waals surface area contributed by atoms with Crippen LogP contribution in [-0.2, 0) is 0 Å². The molecular formula is C15H20ClN3S. The van der Waals surface area contributed by atoms with Gasteiger partial charge in [-0.05, 0) is 38.2 Å². The van der Waals surface area contributed by atoms with Crippen molar-refractivity contribution >= 4 is 39.1 Å². The number of hydrogen-bond acceptors (Lipinski definition) is 4. The van der Waals surface area contributed by atoms with Gasteiger partial charge in [0.1, 0.15) is 9.98 Å². The molecule has 3 rings (SSSR count). The molecule has 0 radical (unpaired) electrons. The van der Waals surface area contributed by atoms with E-state index < -0.39 is 0 Å². The van der Waals surface area contributed by atoms with Crippen molar-refractivity contribution in [3.8, 4) is 0 Å². The molecule has 5 heteroatoms. The van der Waals surface area contributed by atoms with Crippen LogP contribution in [0.3, 0.4) is 0 Å². The van der Waals surface area contributed by atoms with Gasteiger partial charge in [-0.15, -0.1) is 11.3 Å². The minimum atomic E-state index is 0.472. The summed E-state index contributed by atoms with van der Waals surface area (Å²) in [6.45, 7) is 6.49. The molecule has 1 fully saturated rings. The predicted molar refractivity (Wildman–Crippen MR) is 86.9 cm³/mol. The molecule has 20 heavy (non-hydrogen) atoms. The van der Waals surface area contributed by atoms with E-state index in [1.165, 1.54) is 36.1 Å². The van der Waals surface area contributed by atoms with E-state index >= 15 is 0 Å². The summed E-state index contributed by atoms with van der Waals surface area (Å²) < 4.78 is 0. The van der Waals surface area contributed by atoms with Crippen LogP contribution < -0.4 is 5.32 Å². The van der Waals surface area contributed by atoms with Gasteiger partial charge in [-0.2, -0.15) is 0 Å². The van der Waals surface area contributed by atoms with Crippen LogP contribution in [-0.4, -0.2) is 16.0 Å². The lowest BCUT2D eigenvalue weighted by Crippen LogP contribution is -2.31. The minimum absolute atomic E-state index is 0.472. The van der Waals surface area contributed by atoms with Crippen LogP contribution in [0.2, 0.25) is 5.15 Å². The van der Waals surface area contributed by atoms with Crippen molar-refractivity contribution in [2.24, 2.45) is 5.92 Å². The molecule has 2 aromatic heterocycles. The maximum atomic E-state index is 6.35. The van der Waals surface area contributed by atoms with Crippen LogP contribution >= 0.6 is 22.9 Å². The lowest BCUT2D eigenvalue weighted by molar-refractivity contribution is 0.348. The Kier molecular flexibility index (Phi) is 3.87. The third kappa shape index (κ3) is 2.51. The van der Waals surface area contributed by atoms with Crippen molar-refractivity contribution in [2.75, 3.05) is 5.32 Å².